The fraction of sp³-hybridized carbons (Fsp3) is 1.00. The largest absolute Gasteiger partial charge is 0.381 e. The van der Waals surface area contributed by atoms with Crippen LogP contribution >= 0.6 is 0 Å². The number of hydrogen-bond acceptors (Lipinski definition) is 3. The van der Waals surface area contributed by atoms with Crippen LogP contribution in [0.15, 0.2) is 0 Å². The Labute approximate surface area is 113 Å². The number of rotatable bonds is 7. The summed E-state index contributed by atoms with van der Waals surface area (Å²) in [6, 6.07) is 1.22. The fourth-order valence-corrected chi connectivity index (χ4v) is 2.53. The van der Waals surface area contributed by atoms with Crippen molar-refractivity contribution in [2.75, 3.05) is 33.4 Å². The molecule has 18 heavy (non-hydrogen) atoms. The zero-order valence-electron chi connectivity index (χ0n) is 12.9. The lowest BCUT2D eigenvalue weighted by molar-refractivity contribution is 0.0475. The summed E-state index contributed by atoms with van der Waals surface area (Å²) in [5, 5.41) is 3.54. The van der Waals surface area contributed by atoms with Gasteiger partial charge in [-0.05, 0) is 45.2 Å². The van der Waals surface area contributed by atoms with E-state index in [1.165, 1.54) is 19.4 Å². The molecule has 1 fully saturated rings. The van der Waals surface area contributed by atoms with Crippen molar-refractivity contribution in [3.05, 3.63) is 0 Å². The van der Waals surface area contributed by atoms with E-state index in [1.807, 2.05) is 0 Å². The molecule has 0 aromatic carbocycles. The van der Waals surface area contributed by atoms with Crippen molar-refractivity contribution < 1.29 is 4.74 Å². The third kappa shape index (κ3) is 5.68. The average molecular weight is 256 g/mol. The van der Waals surface area contributed by atoms with E-state index in [1.54, 1.807) is 0 Å². The minimum atomic E-state index is 0.584. The molecule has 2 unspecified atom stereocenters. The summed E-state index contributed by atoms with van der Waals surface area (Å²) in [5.74, 6) is 1.52. The van der Waals surface area contributed by atoms with E-state index in [2.05, 4.69) is 45.0 Å². The van der Waals surface area contributed by atoms with Gasteiger partial charge in [0.1, 0.15) is 0 Å². The summed E-state index contributed by atoms with van der Waals surface area (Å²) in [6.07, 6.45) is 2.46. The van der Waals surface area contributed by atoms with E-state index in [9.17, 15) is 0 Å². The van der Waals surface area contributed by atoms with Crippen molar-refractivity contribution in [1.29, 1.82) is 0 Å². The first-order chi connectivity index (χ1) is 8.50. The summed E-state index contributed by atoms with van der Waals surface area (Å²) in [6.45, 7) is 13.4. The first-order valence-electron chi connectivity index (χ1n) is 7.52. The third-order valence-corrected chi connectivity index (χ3v) is 4.25. The molecule has 3 nitrogen and oxygen atoms in total. The van der Waals surface area contributed by atoms with Gasteiger partial charge in [0.2, 0.25) is 0 Å². The van der Waals surface area contributed by atoms with Crippen LogP contribution in [0.4, 0.5) is 0 Å². The summed E-state index contributed by atoms with van der Waals surface area (Å²) in [4.78, 5) is 2.53. The number of hydrogen-bond donors (Lipinski definition) is 1. The van der Waals surface area contributed by atoms with Crippen LogP contribution in [0.3, 0.4) is 0 Å². The van der Waals surface area contributed by atoms with E-state index in [-0.39, 0.29) is 0 Å². The molecule has 0 aromatic heterocycles. The van der Waals surface area contributed by atoms with Crippen LogP contribution in [0.25, 0.3) is 0 Å². The normalized spacial score (nSPS) is 21.5. The van der Waals surface area contributed by atoms with Crippen LogP contribution in [0.2, 0.25) is 0 Å². The Morgan fingerprint density at radius 1 is 1.17 bits per heavy atom. The molecule has 0 aromatic rings. The summed E-state index contributed by atoms with van der Waals surface area (Å²) in [5.41, 5.74) is 0. The second-order valence-electron chi connectivity index (χ2n) is 6.28. The zero-order valence-corrected chi connectivity index (χ0v) is 12.9. The Bertz CT molecular complexity index is 215. The van der Waals surface area contributed by atoms with Gasteiger partial charge in [-0.2, -0.15) is 0 Å². The molecule has 2 atom stereocenters. The van der Waals surface area contributed by atoms with Crippen LogP contribution < -0.4 is 5.32 Å². The number of nitrogens with one attached hydrogen (secondary N) is 1. The first kappa shape index (κ1) is 15.9. The van der Waals surface area contributed by atoms with Gasteiger partial charge in [0.25, 0.3) is 0 Å². The van der Waals surface area contributed by atoms with Crippen LogP contribution in [0.1, 0.15) is 40.5 Å². The molecule has 0 bridgehead atoms. The lowest BCUT2D eigenvalue weighted by Gasteiger charge is -2.34. The highest BCUT2D eigenvalue weighted by atomic mass is 16.5. The van der Waals surface area contributed by atoms with Crippen molar-refractivity contribution in [2.45, 2.75) is 52.6 Å². The molecule has 0 radical (unpaired) electrons. The Morgan fingerprint density at radius 3 is 2.33 bits per heavy atom. The highest BCUT2D eigenvalue weighted by molar-refractivity contribution is 4.76. The molecule has 0 spiro atoms. The SMILES string of the molecule is CC(C)NCC(C)C(C)N(C)CC1CCOCC1. The average Bonchev–Trinajstić information content (AvgIpc) is 2.36. The van der Waals surface area contributed by atoms with E-state index in [0.717, 1.165) is 25.7 Å². The molecule has 1 aliphatic heterocycles. The molecule has 0 aliphatic carbocycles. The number of ether oxygens (including phenoxy) is 1. The van der Waals surface area contributed by atoms with Crippen LogP contribution in [-0.4, -0.2) is 50.3 Å². The molecule has 108 valence electrons. The summed E-state index contributed by atoms with van der Waals surface area (Å²) in [7, 11) is 2.27. The van der Waals surface area contributed by atoms with Gasteiger partial charge < -0.3 is 15.0 Å². The Morgan fingerprint density at radius 2 is 1.78 bits per heavy atom. The Kier molecular flexibility index (Phi) is 7.20. The standard InChI is InChI=1S/C15H32N2O/c1-12(2)16-10-13(3)14(4)17(5)11-15-6-8-18-9-7-15/h12-16H,6-11H2,1-5H3. The van der Waals surface area contributed by atoms with Crippen molar-refractivity contribution >= 4 is 0 Å². The van der Waals surface area contributed by atoms with E-state index >= 15 is 0 Å². The van der Waals surface area contributed by atoms with Gasteiger partial charge in [0.15, 0.2) is 0 Å². The maximum Gasteiger partial charge on any atom is 0.0469 e. The lowest BCUT2D eigenvalue weighted by atomic mass is 9.96. The van der Waals surface area contributed by atoms with Crippen LogP contribution in [0, 0.1) is 11.8 Å². The van der Waals surface area contributed by atoms with Crippen molar-refractivity contribution in [3.63, 3.8) is 0 Å². The Balaban J connectivity index is 2.27. The molecule has 3 heteroatoms. The minimum absolute atomic E-state index is 0.584. The quantitative estimate of drug-likeness (QED) is 0.757. The van der Waals surface area contributed by atoms with E-state index < -0.39 is 0 Å². The van der Waals surface area contributed by atoms with Crippen molar-refractivity contribution in [3.8, 4) is 0 Å². The monoisotopic (exact) mass is 256 g/mol. The van der Waals surface area contributed by atoms with Crippen LogP contribution in [0.5, 0.6) is 0 Å². The maximum atomic E-state index is 5.43. The summed E-state index contributed by atoms with van der Waals surface area (Å²) < 4.78 is 5.43. The van der Waals surface area contributed by atoms with Gasteiger partial charge in [-0.1, -0.05) is 20.8 Å². The van der Waals surface area contributed by atoms with Crippen LogP contribution in [-0.2, 0) is 4.74 Å². The molecular weight excluding hydrogens is 224 g/mol. The molecule has 1 heterocycles. The van der Waals surface area contributed by atoms with Gasteiger partial charge in [-0.25, -0.2) is 0 Å². The van der Waals surface area contributed by atoms with Crippen molar-refractivity contribution in [2.24, 2.45) is 11.8 Å². The third-order valence-electron chi connectivity index (χ3n) is 4.25. The zero-order chi connectivity index (χ0) is 13.5. The molecule has 1 N–H and O–H groups in total. The van der Waals surface area contributed by atoms with Gasteiger partial charge in [-0.3, -0.25) is 0 Å². The highest BCUT2D eigenvalue weighted by Crippen LogP contribution is 2.18. The van der Waals surface area contributed by atoms with Gasteiger partial charge in [0, 0.05) is 31.8 Å². The molecular formula is C15H32N2O. The predicted molar refractivity (Wildman–Crippen MR) is 77.9 cm³/mol. The topological polar surface area (TPSA) is 24.5 Å². The first-order valence-corrected chi connectivity index (χ1v) is 7.52. The second kappa shape index (κ2) is 8.13. The molecule has 0 amide bonds. The molecule has 1 saturated heterocycles. The molecule has 1 rings (SSSR count). The van der Waals surface area contributed by atoms with E-state index in [0.29, 0.717) is 18.0 Å². The second-order valence-corrected chi connectivity index (χ2v) is 6.28. The van der Waals surface area contributed by atoms with Gasteiger partial charge in [0.05, 0.1) is 0 Å². The van der Waals surface area contributed by atoms with Gasteiger partial charge >= 0.3 is 0 Å². The van der Waals surface area contributed by atoms with Crippen molar-refractivity contribution in [1.82, 2.24) is 10.2 Å². The fourth-order valence-electron chi connectivity index (χ4n) is 2.53. The van der Waals surface area contributed by atoms with Gasteiger partial charge in [-0.15, -0.1) is 0 Å². The van der Waals surface area contributed by atoms with E-state index in [4.69, 9.17) is 4.74 Å². The minimum Gasteiger partial charge on any atom is -0.381 e. The predicted octanol–water partition coefficient (Wildman–Crippen LogP) is 2.37. The smallest absolute Gasteiger partial charge is 0.0469 e. The lowest BCUT2D eigenvalue weighted by Crippen LogP contribution is -2.42. The maximum absolute atomic E-state index is 5.43. The Hall–Kier alpha value is -0.120. The summed E-state index contributed by atoms with van der Waals surface area (Å²) >= 11 is 0. The molecule has 0 saturated carbocycles. The molecule has 1 aliphatic rings. The highest BCUT2D eigenvalue weighted by Gasteiger charge is 2.21. The number of nitrogens with zero attached hydrogens (tertiary/aromatic N) is 1.